The lowest BCUT2D eigenvalue weighted by Crippen LogP contribution is -2.19. The van der Waals surface area contributed by atoms with Gasteiger partial charge in [-0.05, 0) is 67.6 Å². The van der Waals surface area contributed by atoms with E-state index in [1.54, 1.807) is 45.3 Å². The van der Waals surface area contributed by atoms with Gasteiger partial charge in [0.2, 0.25) is 0 Å². The average molecular weight is 577 g/mol. The van der Waals surface area contributed by atoms with Gasteiger partial charge in [0.15, 0.2) is 23.1 Å². The van der Waals surface area contributed by atoms with Gasteiger partial charge in [0.05, 0.1) is 5.02 Å². The number of hydrogen-bond acceptors (Lipinski definition) is 5. The number of phenols is 2. The SMILES string of the molecule is CC=NC(=NC)C(C)=O.CCc1cccc(OC(C)(F)F)c1.CCc1ccccc1.Cc1cc(O)c(O)c(Cl)c1. The van der Waals surface area contributed by atoms with E-state index in [1.165, 1.54) is 24.6 Å². The molecule has 9 heteroatoms. The Morgan fingerprint density at radius 1 is 1.00 bits per heavy atom. The van der Waals surface area contributed by atoms with Crippen LogP contribution in [0.1, 0.15) is 51.3 Å². The molecule has 3 aromatic carbocycles. The summed E-state index contributed by atoms with van der Waals surface area (Å²) in [5.41, 5.74) is 3.22. The molecule has 0 spiro atoms. The molecule has 0 aliphatic heterocycles. The van der Waals surface area contributed by atoms with Crippen LogP contribution in [0.25, 0.3) is 0 Å². The van der Waals surface area contributed by atoms with Crippen LogP contribution >= 0.6 is 11.6 Å². The van der Waals surface area contributed by atoms with Crippen LogP contribution in [0.2, 0.25) is 5.02 Å². The fraction of sp³-hybridized carbons (Fsp3) is 0.323. The Kier molecular flexibility index (Phi) is 17.5. The van der Waals surface area contributed by atoms with Gasteiger partial charge < -0.3 is 14.9 Å². The van der Waals surface area contributed by atoms with Crippen molar-refractivity contribution in [2.24, 2.45) is 9.98 Å². The molecule has 0 unspecified atom stereocenters. The van der Waals surface area contributed by atoms with Gasteiger partial charge in [0, 0.05) is 27.1 Å². The zero-order valence-corrected chi connectivity index (χ0v) is 24.8. The van der Waals surface area contributed by atoms with E-state index in [9.17, 15) is 13.6 Å². The Hall–Kier alpha value is -3.78. The van der Waals surface area contributed by atoms with Crippen LogP contribution < -0.4 is 4.74 Å². The minimum atomic E-state index is -3.10. The van der Waals surface area contributed by atoms with Crippen molar-refractivity contribution < 1.29 is 28.5 Å². The monoisotopic (exact) mass is 576 g/mol. The molecule has 0 heterocycles. The summed E-state index contributed by atoms with van der Waals surface area (Å²) >= 11 is 5.51. The fourth-order valence-corrected chi connectivity index (χ4v) is 3.16. The number of halogens is 3. The first-order valence-electron chi connectivity index (χ1n) is 12.6. The molecule has 0 fully saturated rings. The highest BCUT2D eigenvalue weighted by molar-refractivity contribution is 6.39. The number of rotatable bonds is 5. The van der Waals surface area contributed by atoms with E-state index < -0.39 is 6.11 Å². The molecular formula is C31H39ClF2N2O4. The number of ketones is 1. The molecule has 6 nitrogen and oxygen atoms in total. The fourth-order valence-electron chi connectivity index (χ4n) is 2.89. The first-order valence-corrected chi connectivity index (χ1v) is 13.0. The first kappa shape index (κ1) is 36.2. The summed E-state index contributed by atoms with van der Waals surface area (Å²) in [6, 6.07) is 20.2. The molecule has 40 heavy (non-hydrogen) atoms. The molecule has 3 rings (SSSR count). The van der Waals surface area contributed by atoms with Gasteiger partial charge in [-0.1, -0.05) is 67.9 Å². The largest absolute Gasteiger partial charge is 0.504 e. The van der Waals surface area contributed by atoms with E-state index in [1.807, 2.05) is 19.1 Å². The van der Waals surface area contributed by atoms with Gasteiger partial charge in [-0.3, -0.25) is 9.79 Å². The maximum absolute atomic E-state index is 12.4. The summed E-state index contributed by atoms with van der Waals surface area (Å²) < 4.78 is 29.3. The molecule has 0 aliphatic rings. The van der Waals surface area contributed by atoms with Crippen molar-refractivity contribution in [2.45, 2.75) is 60.5 Å². The quantitative estimate of drug-likeness (QED) is 0.182. The molecule has 0 saturated heterocycles. The molecule has 0 amide bonds. The molecule has 2 N–H and O–H groups in total. The topological polar surface area (TPSA) is 91.5 Å². The Bertz CT molecular complexity index is 1200. The number of carbonyl (C=O) groups is 1. The van der Waals surface area contributed by atoms with Crippen LogP contribution in [0.15, 0.2) is 76.7 Å². The lowest BCUT2D eigenvalue weighted by Gasteiger charge is -2.13. The number of hydrogen-bond donors (Lipinski definition) is 2. The molecule has 0 aliphatic carbocycles. The molecule has 0 atom stereocenters. The Morgan fingerprint density at radius 2 is 1.57 bits per heavy atom. The van der Waals surface area contributed by atoms with E-state index in [2.05, 4.69) is 45.9 Å². The number of carbonyl (C=O) groups excluding carboxylic acids is 1. The van der Waals surface area contributed by atoms with E-state index in [4.69, 9.17) is 21.8 Å². The predicted octanol–water partition coefficient (Wildman–Crippen LogP) is 8.24. The molecule has 0 aromatic heterocycles. The predicted molar refractivity (Wildman–Crippen MR) is 161 cm³/mol. The molecule has 0 bridgehead atoms. The second-order valence-electron chi connectivity index (χ2n) is 8.36. The van der Waals surface area contributed by atoms with Crippen LogP contribution in [0.4, 0.5) is 8.78 Å². The van der Waals surface area contributed by atoms with E-state index >= 15 is 0 Å². The van der Waals surface area contributed by atoms with E-state index in [0.29, 0.717) is 0 Å². The number of ether oxygens (including phenoxy) is 1. The molecular weight excluding hydrogens is 538 g/mol. The minimum absolute atomic E-state index is 0.101. The Labute approximate surface area is 241 Å². The number of benzene rings is 3. The number of Topliss-reactive ketones (excluding diaryl/α,β-unsaturated/α-hetero) is 1. The van der Waals surface area contributed by atoms with Crippen molar-refractivity contribution in [3.63, 3.8) is 0 Å². The number of aromatic hydroxyl groups is 2. The lowest BCUT2D eigenvalue weighted by molar-refractivity contribution is -0.159. The van der Waals surface area contributed by atoms with Crippen LogP contribution in [-0.4, -0.2) is 41.2 Å². The van der Waals surface area contributed by atoms with Crippen molar-refractivity contribution >= 4 is 29.4 Å². The van der Waals surface area contributed by atoms with E-state index in [-0.39, 0.29) is 33.9 Å². The van der Waals surface area contributed by atoms with Crippen LogP contribution in [0, 0.1) is 6.92 Å². The molecule has 0 radical (unpaired) electrons. The van der Waals surface area contributed by atoms with Gasteiger partial charge in [-0.2, -0.15) is 8.78 Å². The number of aryl methyl sites for hydroxylation is 3. The van der Waals surface area contributed by atoms with Gasteiger partial charge >= 0.3 is 6.11 Å². The van der Waals surface area contributed by atoms with Gasteiger partial charge in [-0.15, -0.1) is 0 Å². The van der Waals surface area contributed by atoms with Gasteiger partial charge in [0.1, 0.15) is 5.75 Å². The van der Waals surface area contributed by atoms with Crippen LogP contribution in [0.5, 0.6) is 17.2 Å². The van der Waals surface area contributed by atoms with Gasteiger partial charge in [0.25, 0.3) is 0 Å². The zero-order chi connectivity index (χ0) is 30.7. The maximum Gasteiger partial charge on any atom is 0.394 e. The van der Waals surface area contributed by atoms with Crippen molar-refractivity contribution in [2.75, 3.05) is 7.05 Å². The number of aliphatic imine (C=N–C) groups is 2. The standard InChI is InChI=1S/C10H12F2O.C8H10.C7H7ClO2.C6H10N2O/c1-3-8-5-4-6-9(7-8)13-10(2,11)12;1-2-8-6-4-3-5-7-8;1-4-2-5(8)7(10)6(9)3-4;1-4-8-6(7-3)5(2)9/h4-7H,3H2,1-2H3;3-7H,2H2,1H3;2-3,9-10H,1H3;4H,1-3H3. The summed E-state index contributed by atoms with van der Waals surface area (Å²) in [4.78, 5) is 17.9. The normalized spacial score (nSPS) is 10.8. The molecule has 218 valence electrons. The Morgan fingerprint density at radius 3 is 1.98 bits per heavy atom. The average Bonchev–Trinajstić information content (AvgIpc) is 2.91. The highest BCUT2D eigenvalue weighted by Gasteiger charge is 2.22. The van der Waals surface area contributed by atoms with Crippen LogP contribution in [0.3, 0.4) is 0 Å². The lowest BCUT2D eigenvalue weighted by atomic mass is 10.2. The van der Waals surface area contributed by atoms with Crippen molar-refractivity contribution in [1.29, 1.82) is 0 Å². The first-order chi connectivity index (χ1) is 18.8. The summed E-state index contributed by atoms with van der Waals surface area (Å²) in [5, 5.41) is 18.1. The van der Waals surface area contributed by atoms with Crippen molar-refractivity contribution in [3.05, 3.63) is 88.4 Å². The summed E-state index contributed by atoms with van der Waals surface area (Å²) in [7, 11) is 1.55. The third-order valence-electron chi connectivity index (χ3n) is 4.82. The summed E-state index contributed by atoms with van der Waals surface area (Å²) in [6.07, 6.45) is 0.392. The molecule has 3 aromatic rings. The smallest absolute Gasteiger partial charge is 0.394 e. The number of amidine groups is 1. The maximum atomic E-state index is 12.4. The highest BCUT2D eigenvalue weighted by atomic mass is 35.5. The third kappa shape index (κ3) is 16.2. The number of nitrogens with zero attached hydrogens (tertiary/aromatic N) is 2. The summed E-state index contributed by atoms with van der Waals surface area (Å²) in [5.74, 6) is -0.0442. The number of phenolic OH excluding ortho intramolecular Hbond substituents is 2. The second-order valence-corrected chi connectivity index (χ2v) is 8.76. The van der Waals surface area contributed by atoms with Gasteiger partial charge in [-0.25, -0.2) is 4.99 Å². The number of alkyl halides is 2. The van der Waals surface area contributed by atoms with Crippen molar-refractivity contribution in [3.8, 4) is 17.2 Å². The molecule has 0 saturated carbocycles. The van der Waals surface area contributed by atoms with Crippen molar-refractivity contribution in [1.82, 2.24) is 0 Å². The second kappa shape index (κ2) is 19.3. The third-order valence-corrected chi connectivity index (χ3v) is 5.11. The Balaban J connectivity index is 0.000000516. The van der Waals surface area contributed by atoms with Crippen LogP contribution in [-0.2, 0) is 17.6 Å². The minimum Gasteiger partial charge on any atom is -0.504 e. The highest BCUT2D eigenvalue weighted by Crippen LogP contribution is 2.33. The zero-order valence-electron chi connectivity index (χ0n) is 24.1. The van der Waals surface area contributed by atoms with E-state index in [0.717, 1.165) is 30.9 Å². The summed E-state index contributed by atoms with van der Waals surface area (Å²) in [6.45, 7) is 9.82.